The average Bonchev–Trinajstić information content (AvgIpc) is 3.37. The standard InChI is InChI=1S/C61H96O12/c1-4-7-10-13-16-19-22-25-27-30-32-35-38-41-44-47-53(62)69-50-52(71-54(63)48-45-42-39-36-33-29-24-21-18-15-12-9-6-3)51-70-61-59(57(66)56(65)58(73-61)60(67)68)72-55(64)49-46-43-40-37-34-31-28-26-23-20-17-14-11-8-5-2/h8,11-12,15-17,19-21,24-28,34,37,43,46,52,56-59,61,65-66H,4-7,9-10,13-14,18,22-23,29-33,35-36,38-42,44-45,47-51H2,1-3H3,(H,67,68)/b11-8-,15-12-,19-16-,20-17-,24-21-,27-25-,28-26-,37-34-,46-43-. The van der Waals surface area contributed by atoms with Crippen LogP contribution >= 0.6 is 0 Å². The fourth-order valence-electron chi connectivity index (χ4n) is 7.57. The van der Waals surface area contributed by atoms with Crippen molar-refractivity contribution in [2.45, 2.75) is 237 Å². The molecule has 1 aliphatic heterocycles. The molecule has 6 unspecified atom stereocenters. The van der Waals surface area contributed by atoms with E-state index in [0.29, 0.717) is 19.3 Å². The number of aliphatic hydroxyl groups excluding tert-OH is 2. The molecule has 1 fully saturated rings. The molecule has 0 aromatic carbocycles. The lowest BCUT2D eigenvalue weighted by Crippen LogP contribution is -2.61. The third-order valence-electron chi connectivity index (χ3n) is 11.8. The maximum absolute atomic E-state index is 13.1. The van der Waals surface area contributed by atoms with E-state index >= 15 is 0 Å². The van der Waals surface area contributed by atoms with E-state index in [-0.39, 0.29) is 25.9 Å². The molecule has 412 valence electrons. The molecule has 12 heteroatoms. The molecule has 73 heavy (non-hydrogen) atoms. The number of allylic oxidation sites excluding steroid dienone is 17. The summed E-state index contributed by atoms with van der Waals surface area (Å²) < 4.78 is 28.2. The molecule has 0 amide bonds. The number of carbonyl (C=O) groups excluding carboxylic acids is 3. The van der Waals surface area contributed by atoms with Gasteiger partial charge in [0.15, 0.2) is 24.6 Å². The van der Waals surface area contributed by atoms with Crippen LogP contribution in [0.3, 0.4) is 0 Å². The quantitative estimate of drug-likeness (QED) is 0.0228. The Bertz CT molecular complexity index is 1690. The summed E-state index contributed by atoms with van der Waals surface area (Å²) in [5.41, 5.74) is 0. The van der Waals surface area contributed by atoms with Crippen molar-refractivity contribution < 1.29 is 58.2 Å². The fourth-order valence-corrected chi connectivity index (χ4v) is 7.57. The second-order valence-electron chi connectivity index (χ2n) is 18.5. The smallest absolute Gasteiger partial charge is 0.335 e. The topological polar surface area (TPSA) is 175 Å². The highest BCUT2D eigenvalue weighted by Crippen LogP contribution is 2.26. The lowest BCUT2D eigenvalue weighted by molar-refractivity contribution is -0.301. The number of hydrogen-bond acceptors (Lipinski definition) is 11. The highest BCUT2D eigenvalue weighted by molar-refractivity contribution is 5.74. The van der Waals surface area contributed by atoms with Crippen LogP contribution in [0.2, 0.25) is 0 Å². The highest BCUT2D eigenvalue weighted by Gasteiger charge is 2.50. The number of carboxylic acid groups (broad SMARTS) is 1. The lowest BCUT2D eigenvalue weighted by atomic mass is 9.98. The molecule has 0 aromatic heterocycles. The molecule has 0 aromatic rings. The van der Waals surface area contributed by atoms with Gasteiger partial charge in [0.2, 0.25) is 0 Å². The van der Waals surface area contributed by atoms with Crippen molar-refractivity contribution >= 4 is 23.9 Å². The number of ether oxygens (including phenoxy) is 5. The molecule has 0 bridgehead atoms. The van der Waals surface area contributed by atoms with Crippen LogP contribution in [0.15, 0.2) is 109 Å². The Hall–Kier alpha value is -4.62. The summed E-state index contributed by atoms with van der Waals surface area (Å²) >= 11 is 0. The minimum Gasteiger partial charge on any atom is -0.479 e. The summed E-state index contributed by atoms with van der Waals surface area (Å²) in [5.74, 6) is -3.34. The van der Waals surface area contributed by atoms with Gasteiger partial charge in [-0.25, -0.2) is 4.79 Å². The van der Waals surface area contributed by atoms with Gasteiger partial charge < -0.3 is 39.0 Å². The third-order valence-corrected chi connectivity index (χ3v) is 11.8. The molecule has 1 rings (SSSR count). The third kappa shape index (κ3) is 38.6. The maximum atomic E-state index is 13.1. The van der Waals surface area contributed by atoms with Crippen LogP contribution < -0.4 is 0 Å². The van der Waals surface area contributed by atoms with E-state index in [4.69, 9.17) is 23.7 Å². The monoisotopic (exact) mass is 1020 g/mol. The summed E-state index contributed by atoms with van der Waals surface area (Å²) in [6, 6.07) is 0. The van der Waals surface area contributed by atoms with Crippen molar-refractivity contribution in [2.75, 3.05) is 13.2 Å². The van der Waals surface area contributed by atoms with E-state index in [1.165, 1.54) is 19.3 Å². The Balaban J connectivity index is 2.79. The van der Waals surface area contributed by atoms with Crippen LogP contribution in [0, 0.1) is 0 Å². The van der Waals surface area contributed by atoms with Crippen LogP contribution in [-0.2, 0) is 42.9 Å². The van der Waals surface area contributed by atoms with Crippen LogP contribution in [0.1, 0.15) is 201 Å². The first-order chi connectivity index (χ1) is 35.6. The molecule has 1 aliphatic rings. The van der Waals surface area contributed by atoms with Crippen LogP contribution in [0.5, 0.6) is 0 Å². The van der Waals surface area contributed by atoms with E-state index < -0.39 is 67.3 Å². The van der Waals surface area contributed by atoms with Gasteiger partial charge in [-0.1, -0.05) is 188 Å². The van der Waals surface area contributed by atoms with Crippen molar-refractivity contribution in [3.05, 3.63) is 109 Å². The zero-order valence-electron chi connectivity index (χ0n) is 45.1. The Kier molecular flexibility index (Phi) is 44.0. The summed E-state index contributed by atoms with van der Waals surface area (Å²) in [7, 11) is 0. The molecular weight excluding hydrogens is 925 g/mol. The van der Waals surface area contributed by atoms with E-state index in [1.807, 2.05) is 12.2 Å². The van der Waals surface area contributed by atoms with Crippen LogP contribution in [0.25, 0.3) is 0 Å². The summed E-state index contributed by atoms with van der Waals surface area (Å²) in [4.78, 5) is 50.9. The van der Waals surface area contributed by atoms with E-state index in [0.717, 1.165) is 122 Å². The number of carbonyl (C=O) groups is 4. The van der Waals surface area contributed by atoms with Crippen molar-refractivity contribution in [1.82, 2.24) is 0 Å². The van der Waals surface area contributed by atoms with Crippen molar-refractivity contribution in [2.24, 2.45) is 0 Å². The van der Waals surface area contributed by atoms with E-state index in [9.17, 15) is 34.5 Å². The van der Waals surface area contributed by atoms with Crippen molar-refractivity contribution in [1.29, 1.82) is 0 Å². The van der Waals surface area contributed by atoms with Gasteiger partial charge in [-0.2, -0.15) is 0 Å². The Morgan fingerprint density at radius 2 is 0.932 bits per heavy atom. The minimum atomic E-state index is -1.94. The van der Waals surface area contributed by atoms with Crippen molar-refractivity contribution in [3.8, 4) is 0 Å². The molecule has 6 atom stereocenters. The average molecular weight is 1020 g/mol. The number of rotatable bonds is 45. The SMILES string of the molecule is CC/C=C\C/C=C\C/C=C\C/C=C\C/C=C\CC(=O)OC1C(OCC(COC(=O)CCCCCCC/C=C\C/C=C\CCCCC)OC(=O)CCCCCCC/C=C\C/C=C\CCC)OC(C(=O)O)C(O)C1O. The number of aliphatic carboxylic acids is 1. The lowest BCUT2D eigenvalue weighted by Gasteiger charge is -2.40. The maximum Gasteiger partial charge on any atom is 0.335 e. The summed E-state index contributed by atoms with van der Waals surface area (Å²) in [6.07, 6.45) is 52.3. The molecule has 1 heterocycles. The molecule has 0 saturated carbocycles. The molecule has 12 nitrogen and oxygen atoms in total. The zero-order valence-corrected chi connectivity index (χ0v) is 45.1. The van der Waals surface area contributed by atoms with Gasteiger partial charge in [-0.15, -0.1) is 0 Å². The van der Waals surface area contributed by atoms with Crippen molar-refractivity contribution in [3.63, 3.8) is 0 Å². The Labute approximate surface area is 440 Å². The Morgan fingerprint density at radius 3 is 1.44 bits per heavy atom. The first-order valence-corrected chi connectivity index (χ1v) is 27.9. The van der Waals surface area contributed by atoms with E-state index in [2.05, 4.69) is 106 Å². The fraction of sp³-hybridized carbons (Fsp3) is 0.639. The predicted octanol–water partition coefficient (Wildman–Crippen LogP) is 13.9. The highest BCUT2D eigenvalue weighted by atomic mass is 16.7. The number of esters is 3. The second kappa shape index (κ2) is 48.3. The molecule has 0 radical (unpaired) electrons. The zero-order chi connectivity index (χ0) is 53.3. The van der Waals surface area contributed by atoms with Gasteiger partial charge in [0.1, 0.15) is 18.8 Å². The van der Waals surface area contributed by atoms with Gasteiger partial charge >= 0.3 is 23.9 Å². The molecule has 3 N–H and O–H groups in total. The molecule has 1 saturated heterocycles. The number of unbranched alkanes of at least 4 members (excludes halogenated alkanes) is 14. The predicted molar refractivity (Wildman–Crippen MR) is 294 cm³/mol. The summed E-state index contributed by atoms with van der Waals surface area (Å²) in [5, 5.41) is 31.4. The Morgan fingerprint density at radius 1 is 0.479 bits per heavy atom. The summed E-state index contributed by atoms with van der Waals surface area (Å²) in [6.45, 7) is 5.69. The second-order valence-corrected chi connectivity index (χ2v) is 18.5. The first kappa shape index (κ1) is 66.4. The van der Waals surface area contributed by atoms with Gasteiger partial charge in [-0.05, 0) is 103 Å². The normalized spacial score (nSPS) is 19.2. The van der Waals surface area contributed by atoms with Gasteiger partial charge in [-0.3, -0.25) is 14.4 Å². The first-order valence-electron chi connectivity index (χ1n) is 27.9. The van der Waals surface area contributed by atoms with Crippen LogP contribution in [-0.4, -0.2) is 89.2 Å². The van der Waals surface area contributed by atoms with Gasteiger partial charge in [0.25, 0.3) is 0 Å². The van der Waals surface area contributed by atoms with E-state index in [1.54, 1.807) is 12.2 Å². The molecule has 0 spiro atoms. The number of aliphatic hydroxyl groups is 2. The minimum absolute atomic E-state index is 0.127. The van der Waals surface area contributed by atoms with Gasteiger partial charge in [0, 0.05) is 12.8 Å². The van der Waals surface area contributed by atoms with Crippen LogP contribution in [0.4, 0.5) is 0 Å². The number of hydrogen-bond donors (Lipinski definition) is 3. The molecular formula is C61H96O12. The number of carboxylic acids is 1. The van der Waals surface area contributed by atoms with Gasteiger partial charge in [0.05, 0.1) is 13.0 Å². The largest absolute Gasteiger partial charge is 0.479 e. The molecule has 0 aliphatic carbocycles.